The zero-order chi connectivity index (χ0) is 12.2. The monoisotopic (exact) mass is 228 g/mol. The van der Waals surface area contributed by atoms with Gasteiger partial charge in [0, 0.05) is 40.5 Å². The van der Waals surface area contributed by atoms with Crippen molar-refractivity contribution in [1.82, 2.24) is 0 Å². The second kappa shape index (κ2) is 10.8. The fourth-order valence-corrected chi connectivity index (χ4v) is 1.14. The van der Waals surface area contributed by atoms with Crippen molar-refractivity contribution in [2.45, 2.75) is 26.7 Å². The summed E-state index contributed by atoms with van der Waals surface area (Å²) < 4.78 is 9.93. The number of hydrogen-bond acceptors (Lipinski definition) is 4. The molecule has 0 radical (unpaired) electrons. The molecule has 0 heterocycles. The minimum atomic E-state index is 0.765. The zero-order valence-corrected chi connectivity index (χ0v) is 11.0. The van der Waals surface area contributed by atoms with Gasteiger partial charge in [0.2, 0.25) is 0 Å². The molecule has 16 heavy (non-hydrogen) atoms. The van der Waals surface area contributed by atoms with Gasteiger partial charge in [0.1, 0.15) is 0 Å². The molecular formula is C12H24N2O2. The highest BCUT2D eigenvalue weighted by molar-refractivity contribution is 6.40. The average Bonchev–Trinajstić information content (AvgIpc) is 2.29. The molecule has 0 spiro atoms. The van der Waals surface area contributed by atoms with E-state index in [1.807, 2.05) is 13.8 Å². The highest BCUT2D eigenvalue weighted by Gasteiger charge is 1.95. The van der Waals surface area contributed by atoms with Gasteiger partial charge in [-0.05, 0) is 26.7 Å². The third-order valence-electron chi connectivity index (χ3n) is 2.23. The topological polar surface area (TPSA) is 43.2 Å². The van der Waals surface area contributed by atoms with Crippen molar-refractivity contribution in [2.75, 3.05) is 40.5 Å². The van der Waals surface area contributed by atoms with Crippen molar-refractivity contribution < 1.29 is 9.47 Å². The molecule has 0 bridgehead atoms. The van der Waals surface area contributed by atoms with Crippen molar-refractivity contribution in [1.29, 1.82) is 0 Å². The number of ether oxygens (including phenoxy) is 2. The SMILES string of the molecule is COCCCN=C(C)C(C)=NCCCOC. The molecular weight excluding hydrogens is 204 g/mol. The number of hydrogen-bond donors (Lipinski definition) is 0. The molecule has 0 saturated carbocycles. The standard InChI is InChI=1S/C12H24N2O2/c1-11(13-7-5-9-15-3)12(2)14-8-6-10-16-4/h5-10H2,1-4H3. The van der Waals surface area contributed by atoms with Crippen LogP contribution in [0.1, 0.15) is 26.7 Å². The first-order chi connectivity index (χ1) is 7.72. The molecule has 0 aromatic carbocycles. The van der Waals surface area contributed by atoms with E-state index in [0.29, 0.717) is 0 Å². The Morgan fingerprint density at radius 2 is 1.19 bits per heavy atom. The number of aliphatic imine (C=N–C) groups is 2. The van der Waals surface area contributed by atoms with E-state index in [-0.39, 0.29) is 0 Å². The molecule has 0 unspecified atom stereocenters. The van der Waals surface area contributed by atoms with Crippen LogP contribution in [0, 0.1) is 0 Å². The minimum absolute atomic E-state index is 0.765. The Bertz CT molecular complexity index is 201. The molecule has 94 valence electrons. The lowest BCUT2D eigenvalue weighted by Crippen LogP contribution is -2.08. The summed E-state index contributed by atoms with van der Waals surface area (Å²) in [5.41, 5.74) is 2.04. The lowest BCUT2D eigenvalue weighted by atomic mass is 10.3. The van der Waals surface area contributed by atoms with Crippen LogP contribution in [0.3, 0.4) is 0 Å². The van der Waals surface area contributed by atoms with E-state index >= 15 is 0 Å². The summed E-state index contributed by atoms with van der Waals surface area (Å²) in [6, 6.07) is 0. The first kappa shape index (κ1) is 15.3. The third-order valence-corrected chi connectivity index (χ3v) is 2.23. The van der Waals surface area contributed by atoms with Crippen LogP contribution in [0.2, 0.25) is 0 Å². The Labute approximate surface area is 98.8 Å². The number of methoxy groups -OCH3 is 2. The minimum Gasteiger partial charge on any atom is -0.385 e. The quantitative estimate of drug-likeness (QED) is 0.447. The molecule has 0 aromatic heterocycles. The number of rotatable bonds is 9. The van der Waals surface area contributed by atoms with Gasteiger partial charge in [-0.3, -0.25) is 9.98 Å². The van der Waals surface area contributed by atoms with Crippen molar-refractivity contribution in [3.63, 3.8) is 0 Å². The first-order valence-electron chi connectivity index (χ1n) is 5.72. The Morgan fingerprint density at radius 3 is 1.50 bits per heavy atom. The molecule has 0 aromatic rings. The maximum Gasteiger partial charge on any atom is 0.0524 e. The van der Waals surface area contributed by atoms with Crippen LogP contribution in [0.5, 0.6) is 0 Å². The maximum absolute atomic E-state index is 4.96. The second-order valence-corrected chi connectivity index (χ2v) is 3.63. The van der Waals surface area contributed by atoms with E-state index < -0.39 is 0 Å². The fourth-order valence-electron chi connectivity index (χ4n) is 1.14. The predicted octanol–water partition coefficient (Wildman–Crippen LogP) is 1.98. The van der Waals surface area contributed by atoms with Crippen LogP contribution < -0.4 is 0 Å². The summed E-state index contributed by atoms with van der Waals surface area (Å²) in [7, 11) is 3.41. The summed E-state index contributed by atoms with van der Waals surface area (Å²) in [6.07, 6.45) is 1.93. The van der Waals surface area contributed by atoms with Gasteiger partial charge in [-0.15, -0.1) is 0 Å². The van der Waals surface area contributed by atoms with Crippen molar-refractivity contribution in [2.24, 2.45) is 9.98 Å². The van der Waals surface area contributed by atoms with Gasteiger partial charge in [-0.25, -0.2) is 0 Å². The molecule has 0 rings (SSSR count). The van der Waals surface area contributed by atoms with Gasteiger partial charge in [-0.1, -0.05) is 0 Å². The molecule has 0 aliphatic rings. The van der Waals surface area contributed by atoms with E-state index in [2.05, 4.69) is 9.98 Å². The van der Waals surface area contributed by atoms with Gasteiger partial charge in [-0.2, -0.15) is 0 Å². The lowest BCUT2D eigenvalue weighted by Gasteiger charge is -2.01. The van der Waals surface area contributed by atoms with Gasteiger partial charge < -0.3 is 9.47 Å². The van der Waals surface area contributed by atoms with Gasteiger partial charge in [0.05, 0.1) is 11.4 Å². The van der Waals surface area contributed by atoms with E-state index in [1.54, 1.807) is 14.2 Å². The Morgan fingerprint density at radius 1 is 0.812 bits per heavy atom. The average molecular weight is 228 g/mol. The smallest absolute Gasteiger partial charge is 0.0524 e. The number of nitrogens with zero attached hydrogens (tertiary/aromatic N) is 2. The summed E-state index contributed by atoms with van der Waals surface area (Å²) in [5.74, 6) is 0. The molecule has 0 atom stereocenters. The molecule has 4 nitrogen and oxygen atoms in total. The van der Waals surface area contributed by atoms with Gasteiger partial charge in [0.15, 0.2) is 0 Å². The van der Waals surface area contributed by atoms with Crippen LogP contribution in [0.15, 0.2) is 9.98 Å². The van der Waals surface area contributed by atoms with E-state index in [1.165, 1.54) is 0 Å². The highest BCUT2D eigenvalue weighted by atomic mass is 16.5. The third kappa shape index (κ3) is 8.56. The molecule has 0 saturated heterocycles. The first-order valence-corrected chi connectivity index (χ1v) is 5.72. The second-order valence-electron chi connectivity index (χ2n) is 3.63. The largest absolute Gasteiger partial charge is 0.385 e. The predicted molar refractivity (Wildman–Crippen MR) is 68.9 cm³/mol. The fraction of sp³-hybridized carbons (Fsp3) is 0.833. The van der Waals surface area contributed by atoms with Crippen molar-refractivity contribution in [3.05, 3.63) is 0 Å². The summed E-state index contributed by atoms with van der Waals surface area (Å²) >= 11 is 0. The van der Waals surface area contributed by atoms with Gasteiger partial charge >= 0.3 is 0 Å². The van der Waals surface area contributed by atoms with Crippen molar-refractivity contribution >= 4 is 11.4 Å². The maximum atomic E-state index is 4.96. The van der Waals surface area contributed by atoms with E-state index in [9.17, 15) is 0 Å². The highest BCUT2D eigenvalue weighted by Crippen LogP contribution is 1.90. The van der Waals surface area contributed by atoms with Crippen LogP contribution in [0.25, 0.3) is 0 Å². The van der Waals surface area contributed by atoms with Crippen LogP contribution in [0.4, 0.5) is 0 Å². The molecule has 0 fully saturated rings. The van der Waals surface area contributed by atoms with Gasteiger partial charge in [0.25, 0.3) is 0 Å². The molecule has 0 aliphatic heterocycles. The Hall–Kier alpha value is -0.740. The summed E-state index contributed by atoms with van der Waals surface area (Å²) in [6.45, 7) is 7.15. The van der Waals surface area contributed by atoms with E-state index in [0.717, 1.165) is 50.6 Å². The Kier molecular flexibility index (Phi) is 10.3. The van der Waals surface area contributed by atoms with E-state index in [4.69, 9.17) is 9.47 Å². The molecule has 0 amide bonds. The van der Waals surface area contributed by atoms with Crippen LogP contribution in [-0.4, -0.2) is 51.9 Å². The van der Waals surface area contributed by atoms with Crippen LogP contribution >= 0.6 is 0 Å². The zero-order valence-electron chi connectivity index (χ0n) is 11.0. The summed E-state index contributed by atoms with van der Waals surface area (Å²) in [4.78, 5) is 8.87. The lowest BCUT2D eigenvalue weighted by molar-refractivity contribution is 0.197. The molecule has 0 N–H and O–H groups in total. The van der Waals surface area contributed by atoms with Crippen LogP contribution in [-0.2, 0) is 9.47 Å². The van der Waals surface area contributed by atoms with Crippen molar-refractivity contribution in [3.8, 4) is 0 Å². The normalized spacial score (nSPS) is 13.2. The molecule has 4 heteroatoms. The molecule has 0 aliphatic carbocycles. The Balaban J connectivity index is 3.81. The summed E-state index contributed by atoms with van der Waals surface area (Å²) in [5, 5.41) is 0.